The van der Waals surface area contributed by atoms with Crippen LogP contribution < -0.4 is 0 Å². The van der Waals surface area contributed by atoms with Crippen LogP contribution in [0, 0.1) is 0 Å². The number of thiazole rings is 1. The topological polar surface area (TPSA) is 33.1 Å². The second kappa shape index (κ2) is 6.38. The van der Waals surface area contributed by atoms with Crippen molar-refractivity contribution in [3.8, 4) is 27.4 Å². The van der Waals surface area contributed by atoms with Crippen LogP contribution in [-0.4, -0.2) is 10.1 Å². The Labute approximate surface area is 165 Å². The van der Waals surface area contributed by atoms with Gasteiger partial charge in [-0.3, -0.25) is 0 Å². The van der Waals surface area contributed by atoms with Gasteiger partial charge >= 0.3 is 0 Å². The van der Waals surface area contributed by atoms with Crippen molar-refractivity contribution >= 4 is 43.9 Å². The largest absolute Gasteiger partial charge is 0.507 e. The fraction of sp³-hybridized carbons (Fsp3) is 0. The number of fused-ring (bicyclic) bond motifs is 2. The van der Waals surface area contributed by atoms with Crippen LogP contribution in [0.2, 0.25) is 5.02 Å². The number of benzene rings is 4. The quantitative estimate of drug-likeness (QED) is 0.349. The molecular formula is C23H14ClNOS. The van der Waals surface area contributed by atoms with E-state index in [4.69, 9.17) is 11.6 Å². The molecule has 0 saturated heterocycles. The monoisotopic (exact) mass is 387 g/mol. The molecule has 1 aromatic heterocycles. The third kappa shape index (κ3) is 2.76. The van der Waals surface area contributed by atoms with Crippen LogP contribution in [0.1, 0.15) is 0 Å². The van der Waals surface area contributed by atoms with Crippen LogP contribution in [0.5, 0.6) is 5.75 Å². The summed E-state index contributed by atoms with van der Waals surface area (Å²) in [5.41, 5.74) is 3.71. The van der Waals surface area contributed by atoms with Crippen LogP contribution in [-0.2, 0) is 0 Å². The number of hydrogen-bond acceptors (Lipinski definition) is 3. The minimum Gasteiger partial charge on any atom is -0.507 e. The maximum Gasteiger partial charge on any atom is 0.128 e. The van der Waals surface area contributed by atoms with Gasteiger partial charge in [0.25, 0.3) is 0 Å². The number of halogens is 1. The summed E-state index contributed by atoms with van der Waals surface area (Å²) in [6.45, 7) is 0. The van der Waals surface area contributed by atoms with E-state index in [0.29, 0.717) is 5.02 Å². The van der Waals surface area contributed by atoms with E-state index in [9.17, 15) is 5.11 Å². The molecule has 0 fully saturated rings. The lowest BCUT2D eigenvalue weighted by molar-refractivity contribution is 0.477. The zero-order chi connectivity index (χ0) is 18.4. The van der Waals surface area contributed by atoms with Gasteiger partial charge in [-0.05, 0) is 46.2 Å². The average Bonchev–Trinajstić information content (AvgIpc) is 3.12. The summed E-state index contributed by atoms with van der Waals surface area (Å²) in [4.78, 5) is 4.67. The molecule has 27 heavy (non-hydrogen) atoms. The maximum absolute atomic E-state index is 10.1. The van der Waals surface area contributed by atoms with Crippen molar-refractivity contribution in [3.05, 3.63) is 83.9 Å². The molecule has 4 heteroatoms. The van der Waals surface area contributed by atoms with Gasteiger partial charge < -0.3 is 5.11 Å². The predicted molar refractivity (Wildman–Crippen MR) is 115 cm³/mol. The first-order chi connectivity index (χ1) is 13.2. The van der Waals surface area contributed by atoms with Crippen LogP contribution >= 0.6 is 22.9 Å². The van der Waals surface area contributed by atoms with E-state index in [2.05, 4.69) is 47.4 Å². The summed E-state index contributed by atoms with van der Waals surface area (Å²) in [6.07, 6.45) is 0. The minimum atomic E-state index is 0.224. The van der Waals surface area contributed by atoms with Crippen molar-refractivity contribution in [1.82, 2.24) is 4.98 Å². The van der Waals surface area contributed by atoms with Gasteiger partial charge in [-0.2, -0.15) is 0 Å². The highest BCUT2D eigenvalue weighted by atomic mass is 35.5. The number of hydrogen-bond donors (Lipinski definition) is 1. The number of aromatic hydroxyl groups is 1. The molecule has 5 aromatic rings. The molecule has 5 rings (SSSR count). The van der Waals surface area contributed by atoms with Gasteiger partial charge in [-0.25, -0.2) is 4.98 Å². The number of rotatable bonds is 2. The molecule has 0 aliphatic rings. The molecule has 0 amide bonds. The van der Waals surface area contributed by atoms with Crippen LogP contribution in [0.4, 0.5) is 0 Å². The van der Waals surface area contributed by atoms with Crippen molar-refractivity contribution in [3.63, 3.8) is 0 Å². The zero-order valence-corrected chi connectivity index (χ0v) is 15.8. The highest BCUT2D eigenvalue weighted by Gasteiger charge is 2.14. The Hall–Kier alpha value is -2.88. The summed E-state index contributed by atoms with van der Waals surface area (Å²) in [7, 11) is 0. The van der Waals surface area contributed by atoms with E-state index in [1.165, 1.54) is 22.1 Å². The number of nitrogens with zero attached hydrogens (tertiary/aromatic N) is 1. The molecule has 1 N–H and O–H groups in total. The van der Waals surface area contributed by atoms with E-state index < -0.39 is 0 Å². The van der Waals surface area contributed by atoms with Gasteiger partial charge in [-0.1, -0.05) is 66.2 Å². The highest BCUT2D eigenvalue weighted by molar-refractivity contribution is 7.21. The van der Waals surface area contributed by atoms with E-state index in [-0.39, 0.29) is 5.75 Å². The van der Waals surface area contributed by atoms with Crippen LogP contribution in [0.3, 0.4) is 0 Å². The maximum atomic E-state index is 10.1. The smallest absolute Gasteiger partial charge is 0.128 e. The second-order valence-electron chi connectivity index (χ2n) is 6.37. The Kier molecular flexibility index (Phi) is 3.85. The van der Waals surface area contributed by atoms with E-state index in [0.717, 1.165) is 31.9 Å². The van der Waals surface area contributed by atoms with Crippen molar-refractivity contribution in [1.29, 1.82) is 0 Å². The highest BCUT2D eigenvalue weighted by Crippen LogP contribution is 2.40. The van der Waals surface area contributed by atoms with E-state index >= 15 is 0 Å². The van der Waals surface area contributed by atoms with E-state index in [1.807, 2.05) is 24.3 Å². The molecule has 0 radical (unpaired) electrons. The first-order valence-electron chi connectivity index (χ1n) is 8.57. The van der Waals surface area contributed by atoms with Crippen molar-refractivity contribution < 1.29 is 5.11 Å². The Morgan fingerprint density at radius 2 is 1.56 bits per heavy atom. The molecule has 1 heterocycles. The van der Waals surface area contributed by atoms with Crippen molar-refractivity contribution in [2.75, 3.05) is 0 Å². The fourth-order valence-corrected chi connectivity index (χ4v) is 4.77. The molecule has 0 spiro atoms. The van der Waals surface area contributed by atoms with Crippen LogP contribution in [0.25, 0.3) is 42.7 Å². The van der Waals surface area contributed by atoms with Gasteiger partial charge in [-0.15, -0.1) is 11.3 Å². The molecule has 0 aliphatic heterocycles. The van der Waals surface area contributed by atoms with E-state index in [1.54, 1.807) is 12.1 Å². The van der Waals surface area contributed by atoms with Gasteiger partial charge in [0.15, 0.2) is 0 Å². The lowest BCUT2D eigenvalue weighted by Gasteiger charge is -2.07. The molecule has 2 nitrogen and oxygen atoms in total. The number of phenols is 1. The first kappa shape index (κ1) is 16.3. The zero-order valence-electron chi connectivity index (χ0n) is 14.2. The summed E-state index contributed by atoms with van der Waals surface area (Å²) in [5, 5.41) is 13.9. The number of aromatic nitrogens is 1. The minimum absolute atomic E-state index is 0.224. The second-order valence-corrected chi connectivity index (χ2v) is 7.81. The molecule has 0 atom stereocenters. The van der Waals surface area contributed by atoms with Crippen molar-refractivity contribution in [2.45, 2.75) is 0 Å². The molecule has 0 unspecified atom stereocenters. The molecular weight excluding hydrogens is 374 g/mol. The normalized spacial score (nSPS) is 11.3. The average molecular weight is 388 g/mol. The molecule has 130 valence electrons. The molecule has 0 bridgehead atoms. The standard InChI is InChI=1S/C23H14ClNOS/c24-19-12-15(17-10-5-7-14-6-1-2-8-16(14)17)13-21-22(19)25-23(27-21)18-9-3-4-11-20(18)26/h1-13,26H. The predicted octanol–water partition coefficient (Wildman–Crippen LogP) is 7.14. The lowest BCUT2D eigenvalue weighted by atomic mass is 9.98. The third-order valence-electron chi connectivity index (χ3n) is 4.68. The SMILES string of the molecule is Oc1ccccc1-c1nc2c(Cl)cc(-c3cccc4ccccc34)cc2s1. The summed E-state index contributed by atoms with van der Waals surface area (Å²) < 4.78 is 1.00. The number of para-hydroxylation sites is 1. The molecule has 0 aliphatic carbocycles. The molecule has 0 saturated carbocycles. The van der Waals surface area contributed by atoms with Gasteiger partial charge in [0, 0.05) is 0 Å². The fourth-order valence-electron chi connectivity index (χ4n) is 3.39. The number of phenolic OH excluding ortho intramolecular Hbond substituents is 1. The Morgan fingerprint density at radius 3 is 2.44 bits per heavy atom. The summed E-state index contributed by atoms with van der Waals surface area (Å²) in [5.74, 6) is 0.224. The molecule has 4 aromatic carbocycles. The van der Waals surface area contributed by atoms with Crippen LogP contribution in [0.15, 0.2) is 78.9 Å². The van der Waals surface area contributed by atoms with Gasteiger partial charge in [0.05, 0.1) is 15.3 Å². The first-order valence-corrected chi connectivity index (χ1v) is 9.77. The van der Waals surface area contributed by atoms with Gasteiger partial charge in [0.1, 0.15) is 16.3 Å². The Bertz CT molecular complexity index is 1300. The Balaban J connectivity index is 1.72. The third-order valence-corrected chi connectivity index (χ3v) is 6.01. The Morgan fingerprint density at radius 1 is 0.815 bits per heavy atom. The van der Waals surface area contributed by atoms with Crippen molar-refractivity contribution in [2.24, 2.45) is 0 Å². The lowest BCUT2D eigenvalue weighted by Crippen LogP contribution is -1.82. The van der Waals surface area contributed by atoms with Gasteiger partial charge in [0.2, 0.25) is 0 Å². The summed E-state index contributed by atoms with van der Waals surface area (Å²) in [6, 6.07) is 26.0. The summed E-state index contributed by atoms with van der Waals surface area (Å²) >= 11 is 8.12.